The molecule has 0 saturated carbocycles. The molecule has 0 aliphatic rings. The molecule has 120 valence electrons. The van der Waals surface area contributed by atoms with Crippen LogP contribution in [0.4, 0.5) is 0 Å². The molecule has 0 aliphatic carbocycles. The minimum Gasteiger partial charge on any atom is -0.465 e. The van der Waals surface area contributed by atoms with Crippen molar-refractivity contribution in [1.82, 2.24) is 4.31 Å². The van der Waals surface area contributed by atoms with Gasteiger partial charge in [-0.1, -0.05) is 32.9 Å². The summed E-state index contributed by atoms with van der Waals surface area (Å²) < 4.78 is 6.72. The largest absolute Gasteiger partial charge is 0.465 e. The average Bonchev–Trinajstić information content (AvgIpc) is 2.39. The van der Waals surface area contributed by atoms with E-state index in [9.17, 15) is 4.79 Å². The van der Waals surface area contributed by atoms with Crippen molar-refractivity contribution in [2.45, 2.75) is 39.1 Å². The van der Waals surface area contributed by atoms with E-state index in [0.717, 1.165) is 16.4 Å². The molecular formula is C16H28N2O2S. The third kappa shape index (κ3) is 11.3. The smallest absolute Gasteiger partial charge is 0.321 e. The third-order valence-electron chi connectivity index (χ3n) is 2.08. The molecule has 0 spiro atoms. The molecule has 2 N–H and O–H groups in total. The number of hydrogen-bond donors (Lipinski definition) is 1. The van der Waals surface area contributed by atoms with Crippen LogP contribution in [0.2, 0.25) is 0 Å². The van der Waals surface area contributed by atoms with Gasteiger partial charge in [-0.2, -0.15) is 0 Å². The Labute approximate surface area is 133 Å². The van der Waals surface area contributed by atoms with Crippen LogP contribution in [-0.2, 0) is 16.1 Å². The Kier molecular flexibility index (Phi) is 11.0. The molecule has 0 amide bonds. The lowest BCUT2D eigenvalue weighted by atomic mass is 10.2. The molecule has 1 aromatic carbocycles. The van der Waals surface area contributed by atoms with Gasteiger partial charge in [0.15, 0.2) is 0 Å². The van der Waals surface area contributed by atoms with E-state index < -0.39 is 0 Å². The first-order valence-electron chi connectivity index (χ1n) is 7.22. The highest BCUT2D eigenvalue weighted by atomic mass is 32.2. The molecule has 0 fully saturated rings. The van der Waals surface area contributed by atoms with Gasteiger partial charge in [0.25, 0.3) is 0 Å². The Hall–Kier alpha value is -1.04. The molecule has 0 bridgehead atoms. The first-order valence-corrected chi connectivity index (χ1v) is 8.00. The number of esters is 1. The highest BCUT2D eigenvalue weighted by Crippen LogP contribution is 2.21. The van der Waals surface area contributed by atoms with Gasteiger partial charge in [-0.3, -0.25) is 4.79 Å². The standard InChI is InChI=1S/C12H18N2O2S.C4H10/c1-3-16-12(15)9-14(2)17-11-6-4-10(8-13)5-7-11;1-4(2)3/h4-7H,3,8-9,13H2,1-2H3;4H,1-3H3. The normalized spacial score (nSPS) is 10.3. The van der Waals surface area contributed by atoms with Gasteiger partial charge in [0, 0.05) is 11.4 Å². The second-order valence-electron chi connectivity index (χ2n) is 5.26. The highest BCUT2D eigenvalue weighted by molar-refractivity contribution is 7.97. The van der Waals surface area contributed by atoms with Crippen LogP contribution >= 0.6 is 11.9 Å². The lowest BCUT2D eigenvalue weighted by molar-refractivity contribution is -0.142. The van der Waals surface area contributed by atoms with E-state index in [2.05, 4.69) is 20.8 Å². The van der Waals surface area contributed by atoms with Crippen LogP contribution in [0.3, 0.4) is 0 Å². The minimum absolute atomic E-state index is 0.207. The molecule has 0 aliphatic heterocycles. The summed E-state index contributed by atoms with van der Waals surface area (Å²) in [4.78, 5) is 12.3. The molecule has 0 aromatic heterocycles. The van der Waals surface area contributed by atoms with E-state index in [1.807, 2.05) is 35.6 Å². The molecule has 0 saturated heterocycles. The fourth-order valence-electron chi connectivity index (χ4n) is 1.29. The summed E-state index contributed by atoms with van der Waals surface area (Å²) in [6.45, 7) is 9.54. The second kappa shape index (κ2) is 11.6. The van der Waals surface area contributed by atoms with Gasteiger partial charge in [-0.15, -0.1) is 0 Å². The van der Waals surface area contributed by atoms with Crippen LogP contribution in [0.15, 0.2) is 29.2 Å². The minimum atomic E-state index is -0.207. The van der Waals surface area contributed by atoms with E-state index in [4.69, 9.17) is 10.5 Å². The molecule has 21 heavy (non-hydrogen) atoms. The van der Waals surface area contributed by atoms with E-state index >= 15 is 0 Å². The zero-order valence-corrected chi connectivity index (χ0v) is 14.6. The molecule has 4 nitrogen and oxygen atoms in total. The van der Waals surface area contributed by atoms with Crippen LogP contribution in [0.5, 0.6) is 0 Å². The summed E-state index contributed by atoms with van der Waals surface area (Å²) in [5.74, 6) is 0.626. The van der Waals surface area contributed by atoms with Crippen molar-refractivity contribution in [2.75, 3.05) is 20.2 Å². The Morgan fingerprint density at radius 1 is 1.29 bits per heavy atom. The van der Waals surface area contributed by atoms with Gasteiger partial charge >= 0.3 is 5.97 Å². The average molecular weight is 312 g/mol. The number of likely N-dealkylation sites (N-methyl/N-ethyl adjacent to an activating group) is 1. The maximum atomic E-state index is 11.3. The Morgan fingerprint density at radius 3 is 2.24 bits per heavy atom. The Morgan fingerprint density at radius 2 is 1.81 bits per heavy atom. The zero-order valence-electron chi connectivity index (χ0n) is 13.8. The molecule has 0 unspecified atom stereocenters. The van der Waals surface area contributed by atoms with Gasteiger partial charge < -0.3 is 10.5 Å². The monoisotopic (exact) mass is 312 g/mol. The Bertz CT molecular complexity index is 391. The summed E-state index contributed by atoms with van der Waals surface area (Å²) in [5.41, 5.74) is 6.62. The van der Waals surface area contributed by atoms with E-state index in [1.165, 1.54) is 11.9 Å². The number of nitrogens with zero attached hydrogens (tertiary/aromatic N) is 1. The SMILES string of the molecule is CC(C)C.CCOC(=O)CN(C)Sc1ccc(CN)cc1. The van der Waals surface area contributed by atoms with Crippen molar-refractivity contribution in [2.24, 2.45) is 11.7 Å². The van der Waals surface area contributed by atoms with Gasteiger partial charge in [0.2, 0.25) is 0 Å². The van der Waals surface area contributed by atoms with Crippen molar-refractivity contribution < 1.29 is 9.53 Å². The van der Waals surface area contributed by atoms with Crippen molar-refractivity contribution in [3.05, 3.63) is 29.8 Å². The van der Waals surface area contributed by atoms with Crippen molar-refractivity contribution in [1.29, 1.82) is 0 Å². The lowest BCUT2D eigenvalue weighted by Crippen LogP contribution is -2.21. The van der Waals surface area contributed by atoms with Crippen LogP contribution in [0.25, 0.3) is 0 Å². The van der Waals surface area contributed by atoms with Gasteiger partial charge in [-0.05, 0) is 49.5 Å². The zero-order chi connectivity index (χ0) is 16.3. The summed E-state index contributed by atoms with van der Waals surface area (Å²) in [7, 11) is 1.86. The fraction of sp³-hybridized carbons (Fsp3) is 0.562. The quantitative estimate of drug-likeness (QED) is 0.645. The molecule has 1 aromatic rings. The van der Waals surface area contributed by atoms with Gasteiger partial charge in [0.1, 0.15) is 6.54 Å². The molecular weight excluding hydrogens is 284 g/mol. The Balaban J connectivity index is 0.000000885. The number of benzene rings is 1. The molecule has 1 rings (SSSR count). The highest BCUT2D eigenvalue weighted by Gasteiger charge is 2.08. The number of ether oxygens (including phenoxy) is 1. The maximum absolute atomic E-state index is 11.3. The molecule has 0 atom stereocenters. The molecule has 5 heteroatoms. The number of hydrogen-bond acceptors (Lipinski definition) is 5. The van der Waals surface area contributed by atoms with Crippen LogP contribution in [0, 0.1) is 5.92 Å². The topological polar surface area (TPSA) is 55.6 Å². The second-order valence-corrected chi connectivity index (χ2v) is 6.54. The van der Waals surface area contributed by atoms with Crippen molar-refractivity contribution >= 4 is 17.9 Å². The van der Waals surface area contributed by atoms with Crippen LogP contribution in [-0.4, -0.2) is 30.5 Å². The predicted octanol–water partition coefficient (Wildman–Crippen LogP) is 3.31. The van der Waals surface area contributed by atoms with E-state index in [-0.39, 0.29) is 12.5 Å². The fourth-order valence-corrected chi connectivity index (χ4v) is 2.07. The van der Waals surface area contributed by atoms with Gasteiger partial charge in [-0.25, -0.2) is 4.31 Å². The number of nitrogens with two attached hydrogens (primary N) is 1. The molecule has 0 heterocycles. The number of carbonyl (C=O) groups excluding carboxylic acids is 1. The summed E-state index contributed by atoms with van der Waals surface area (Å²) in [5, 5.41) is 0. The van der Waals surface area contributed by atoms with Crippen LogP contribution in [0.1, 0.15) is 33.3 Å². The lowest BCUT2D eigenvalue weighted by Gasteiger charge is -2.14. The van der Waals surface area contributed by atoms with E-state index in [0.29, 0.717) is 13.2 Å². The summed E-state index contributed by atoms with van der Waals surface area (Å²) >= 11 is 1.51. The van der Waals surface area contributed by atoms with Crippen molar-refractivity contribution in [3.8, 4) is 0 Å². The third-order valence-corrected chi connectivity index (χ3v) is 3.00. The predicted molar refractivity (Wildman–Crippen MR) is 90.0 cm³/mol. The molecule has 0 radical (unpaired) electrons. The summed E-state index contributed by atoms with van der Waals surface area (Å²) in [6, 6.07) is 7.96. The number of rotatable bonds is 6. The van der Waals surface area contributed by atoms with Crippen molar-refractivity contribution in [3.63, 3.8) is 0 Å². The van der Waals surface area contributed by atoms with Crippen LogP contribution < -0.4 is 5.73 Å². The number of carbonyl (C=O) groups is 1. The first kappa shape index (κ1) is 20.0. The maximum Gasteiger partial charge on any atom is 0.321 e. The van der Waals surface area contributed by atoms with E-state index in [1.54, 1.807) is 6.92 Å². The summed E-state index contributed by atoms with van der Waals surface area (Å²) in [6.07, 6.45) is 0. The first-order chi connectivity index (χ1) is 9.88. The van der Waals surface area contributed by atoms with Gasteiger partial charge in [0.05, 0.1) is 6.61 Å².